The Hall–Kier alpha value is -0.880. The lowest BCUT2D eigenvalue weighted by Gasteiger charge is -2.34. The van der Waals surface area contributed by atoms with Crippen molar-refractivity contribution in [2.75, 3.05) is 31.1 Å². The fraction of sp³-hybridized carbons (Fsp3) is 0.727. The van der Waals surface area contributed by atoms with Gasteiger partial charge in [-0.25, -0.2) is 8.42 Å². The van der Waals surface area contributed by atoms with Crippen LogP contribution in [0.3, 0.4) is 0 Å². The van der Waals surface area contributed by atoms with Crippen molar-refractivity contribution in [1.82, 2.24) is 10.2 Å². The van der Waals surface area contributed by atoms with Crippen LogP contribution in [0.4, 0.5) is 0 Å². The molecular weight excluding hydrogens is 240 g/mol. The molecule has 0 aromatic rings. The molecule has 0 aromatic heterocycles. The minimum Gasteiger partial charge on any atom is -0.334 e. The quantitative estimate of drug-likeness (QED) is 0.647. The first-order valence-corrected chi connectivity index (χ1v) is 7.63. The van der Waals surface area contributed by atoms with Crippen molar-refractivity contribution in [1.29, 1.82) is 0 Å². The van der Waals surface area contributed by atoms with Gasteiger partial charge in [0.2, 0.25) is 5.91 Å². The second-order valence-electron chi connectivity index (χ2n) is 4.79. The Balaban J connectivity index is 2.11. The maximum atomic E-state index is 12.2. The lowest BCUT2D eigenvalue weighted by Crippen LogP contribution is -2.50. The Morgan fingerprint density at radius 3 is 2.53 bits per heavy atom. The number of rotatable bonds is 1. The largest absolute Gasteiger partial charge is 0.334 e. The average Bonchev–Trinajstić information content (AvgIpc) is 2.12. The van der Waals surface area contributed by atoms with Crippen molar-refractivity contribution in [3.8, 4) is 0 Å². The van der Waals surface area contributed by atoms with E-state index in [1.54, 1.807) is 11.8 Å². The van der Waals surface area contributed by atoms with Gasteiger partial charge in [-0.2, -0.15) is 0 Å². The minimum atomic E-state index is -2.96. The summed E-state index contributed by atoms with van der Waals surface area (Å²) in [6.45, 7) is 5.50. The van der Waals surface area contributed by atoms with E-state index in [9.17, 15) is 13.2 Å². The number of carbonyl (C=O) groups excluding carboxylic acids is 1. The van der Waals surface area contributed by atoms with Gasteiger partial charge in [0.05, 0.1) is 11.5 Å². The third kappa shape index (κ3) is 2.52. The number of sulfone groups is 1. The molecule has 1 N–H and O–H groups in total. The van der Waals surface area contributed by atoms with Crippen molar-refractivity contribution in [3.05, 3.63) is 11.1 Å². The van der Waals surface area contributed by atoms with Crippen LogP contribution in [0.15, 0.2) is 11.1 Å². The van der Waals surface area contributed by atoms with Crippen LogP contribution >= 0.6 is 0 Å². The van der Waals surface area contributed by atoms with Crippen LogP contribution in [0.5, 0.6) is 0 Å². The normalized spacial score (nSPS) is 27.5. The number of nitrogens with zero attached hydrogens (tertiary/aromatic N) is 1. The lowest BCUT2D eigenvalue weighted by molar-refractivity contribution is -0.128. The molecule has 2 aliphatic rings. The van der Waals surface area contributed by atoms with Crippen LogP contribution in [0, 0.1) is 0 Å². The molecule has 6 heteroatoms. The Kier molecular flexibility index (Phi) is 3.27. The summed E-state index contributed by atoms with van der Waals surface area (Å²) in [5, 5.41) is 3.10. The van der Waals surface area contributed by atoms with Gasteiger partial charge in [-0.15, -0.1) is 0 Å². The standard InChI is InChI=1S/C11H18N2O3S/c1-8-7-17(15,16)4-3-13(8)11(14)9(2)10-5-12-6-10/h8,12H,3-7H2,1-2H3. The van der Waals surface area contributed by atoms with E-state index >= 15 is 0 Å². The van der Waals surface area contributed by atoms with E-state index in [0.29, 0.717) is 6.54 Å². The van der Waals surface area contributed by atoms with E-state index in [1.165, 1.54) is 0 Å². The molecule has 2 aliphatic heterocycles. The SMILES string of the molecule is CC(C(=O)N1CCS(=O)(=O)CC1C)=C1CNC1. The highest BCUT2D eigenvalue weighted by Gasteiger charge is 2.32. The predicted molar refractivity (Wildman–Crippen MR) is 65.4 cm³/mol. The van der Waals surface area contributed by atoms with Gasteiger partial charge in [0.25, 0.3) is 0 Å². The Morgan fingerprint density at radius 1 is 1.41 bits per heavy atom. The maximum Gasteiger partial charge on any atom is 0.249 e. The van der Waals surface area contributed by atoms with Crippen LogP contribution < -0.4 is 5.32 Å². The van der Waals surface area contributed by atoms with Crippen molar-refractivity contribution >= 4 is 15.7 Å². The highest BCUT2D eigenvalue weighted by molar-refractivity contribution is 7.91. The summed E-state index contributed by atoms with van der Waals surface area (Å²) in [4.78, 5) is 13.9. The number of hydrogen-bond donors (Lipinski definition) is 1. The fourth-order valence-electron chi connectivity index (χ4n) is 2.18. The van der Waals surface area contributed by atoms with Gasteiger partial charge in [0.15, 0.2) is 9.84 Å². The molecule has 2 heterocycles. The van der Waals surface area contributed by atoms with Gasteiger partial charge in [0.1, 0.15) is 0 Å². The zero-order valence-electron chi connectivity index (χ0n) is 10.2. The summed E-state index contributed by atoms with van der Waals surface area (Å²) in [6, 6.07) is -0.218. The molecule has 2 saturated heterocycles. The Morgan fingerprint density at radius 2 is 2.06 bits per heavy atom. The minimum absolute atomic E-state index is 0.0103. The molecular formula is C11H18N2O3S. The van der Waals surface area contributed by atoms with Crippen LogP contribution in [0.1, 0.15) is 13.8 Å². The molecule has 96 valence electrons. The van der Waals surface area contributed by atoms with Crippen molar-refractivity contribution in [2.45, 2.75) is 19.9 Å². The molecule has 0 aliphatic carbocycles. The Bertz CT molecular complexity index is 461. The monoisotopic (exact) mass is 258 g/mol. The summed E-state index contributed by atoms with van der Waals surface area (Å²) in [7, 11) is -2.96. The fourth-order valence-corrected chi connectivity index (χ4v) is 3.74. The smallest absolute Gasteiger partial charge is 0.249 e. The number of carbonyl (C=O) groups is 1. The van der Waals surface area contributed by atoms with E-state index in [1.807, 2.05) is 6.92 Å². The van der Waals surface area contributed by atoms with Crippen LogP contribution in [-0.2, 0) is 14.6 Å². The first-order chi connectivity index (χ1) is 7.91. The van der Waals surface area contributed by atoms with Gasteiger partial charge < -0.3 is 10.2 Å². The third-order valence-electron chi connectivity index (χ3n) is 3.46. The van der Waals surface area contributed by atoms with Gasteiger partial charge in [0, 0.05) is 31.2 Å². The van der Waals surface area contributed by atoms with Gasteiger partial charge in [-0.1, -0.05) is 0 Å². The molecule has 1 unspecified atom stereocenters. The summed E-state index contributed by atoms with van der Waals surface area (Å²) in [6.07, 6.45) is 0. The predicted octanol–water partition coefficient (Wildman–Crippen LogP) is -0.448. The van der Waals surface area contributed by atoms with Gasteiger partial charge in [-0.05, 0) is 19.4 Å². The molecule has 5 nitrogen and oxygen atoms in total. The third-order valence-corrected chi connectivity index (χ3v) is 5.25. The summed E-state index contributed by atoms with van der Waals surface area (Å²) < 4.78 is 22.9. The number of amides is 1. The van der Waals surface area contributed by atoms with E-state index in [0.717, 1.165) is 24.2 Å². The summed E-state index contributed by atoms with van der Waals surface area (Å²) in [5.41, 5.74) is 1.91. The maximum absolute atomic E-state index is 12.2. The van der Waals surface area contributed by atoms with Gasteiger partial charge in [-0.3, -0.25) is 4.79 Å². The zero-order chi connectivity index (χ0) is 12.6. The molecule has 1 atom stereocenters. The van der Waals surface area contributed by atoms with Crippen LogP contribution in [-0.4, -0.2) is 56.4 Å². The van der Waals surface area contributed by atoms with E-state index < -0.39 is 9.84 Å². The molecule has 2 fully saturated rings. The van der Waals surface area contributed by atoms with Crippen molar-refractivity contribution < 1.29 is 13.2 Å². The molecule has 0 saturated carbocycles. The topological polar surface area (TPSA) is 66.5 Å². The average molecular weight is 258 g/mol. The van der Waals surface area contributed by atoms with Crippen LogP contribution in [0.2, 0.25) is 0 Å². The second kappa shape index (κ2) is 4.42. The molecule has 0 aromatic carbocycles. The number of hydrogen-bond acceptors (Lipinski definition) is 4. The van der Waals surface area contributed by atoms with E-state index in [2.05, 4.69) is 5.32 Å². The van der Waals surface area contributed by atoms with Crippen LogP contribution in [0.25, 0.3) is 0 Å². The van der Waals surface area contributed by atoms with Crippen molar-refractivity contribution in [3.63, 3.8) is 0 Å². The van der Waals surface area contributed by atoms with E-state index in [-0.39, 0.29) is 23.5 Å². The lowest BCUT2D eigenvalue weighted by atomic mass is 10.0. The zero-order valence-corrected chi connectivity index (χ0v) is 11.0. The molecule has 2 rings (SSSR count). The summed E-state index contributed by atoms with van der Waals surface area (Å²) >= 11 is 0. The first kappa shape index (κ1) is 12.6. The molecule has 0 radical (unpaired) electrons. The van der Waals surface area contributed by atoms with Gasteiger partial charge >= 0.3 is 0 Å². The highest BCUT2D eigenvalue weighted by Crippen LogP contribution is 2.17. The van der Waals surface area contributed by atoms with Crippen molar-refractivity contribution in [2.24, 2.45) is 0 Å². The summed E-state index contributed by atoms with van der Waals surface area (Å²) in [5.74, 6) is 0.160. The molecule has 0 spiro atoms. The highest BCUT2D eigenvalue weighted by atomic mass is 32.2. The molecule has 1 amide bonds. The Labute approximate surface area is 102 Å². The number of nitrogens with one attached hydrogen (secondary N) is 1. The molecule has 17 heavy (non-hydrogen) atoms. The first-order valence-electron chi connectivity index (χ1n) is 5.81. The molecule has 0 bridgehead atoms. The van der Waals surface area contributed by atoms with E-state index in [4.69, 9.17) is 0 Å². The second-order valence-corrected chi connectivity index (χ2v) is 7.02.